The number of aliphatic hydroxyl groups is 1. The molecule has 2 aromatic rings. The van der Waals surface area contributed by atoms with Gasteiger partial charge in [-0.05, 0) is 117 Å². The molecule has 6 aliphatic rings. The fraction of sp³-hybridized carbons (Fsp3) is 0.682. The number of ether oxygens (including phenoxy) is 4. The molecule has 0 spiro atoms. The number of aromatic nitrogens is 2. The van der Waals surface area contributed by atoms with Crippen LogP contribution in [0, 0.1) is 34.5 Å². The lowest BCUT2D eigenvalue weighted by Crippen LogP contribution is -2.64. The average Bonchev–Trinajstić information content (AvgIpc) is 3.83. The Balaban J connectivity index is 1.03. The second kappa shape index (κ2) is 15.1. The van der Waals surface area contributed by atoms with Gasteiger partial charge in [0.1, 0.15) is 0 Å². The van der Waals surface area contributed by atoms with Crippen molar-refractivity contribution in [2.45, 2.75) is 142 Å². The first-order valence-electron chi connectivity index (χ1n) is 21.0. The third kappa shape index (κ3) is 6.55. The van der Waals surface area contributed by atoms with Crippen LogP contribution in [0.2, 0.25) is 0 Å². The normalized spacial score (nSPS) is 35.0. The highest BCUT2D eigenvalue weighted by atomic mass is 16.7. The van der Waals surface area contributed by atoms with Gasteiger partial charge in [0, 0.05) is 29.6 Å². The summed E-state index contributed by atoms with van der Waals surface area (Å²) in [5, 5.41) is 20.2. The molecule has 1 aliphatic heterocycles. The lowest BCUT2D eigenvalue weighted by atomic mass is 9.45. The molecule has 11 nitrogen and oxygen atoms in total. The Morgan fingerprint density at radius 3 is 2.56 bits per heavy atom. The smallest absolute Gasteiger partial charge is 0.411 e. The number of carbonyl (C=O) groups is 3. The molecule has 1 aromatic carbocycles. The van der Waals surface area contributed by atoms with Crippen LogP contribution in [0.5, 0.6) is 0 Å². The molecule has 5 fully saturated rings. The summed E-state index contributed by atoms with van der Waals surface area (Å²) in [5.74, 6) is -0.0897. The van der Waals surface area contributed by atoms with E-state index >= 15 is 0 Å². The summed E-state index contributed by atoms with van der Waals surface area (Å²) < 4.78 is 26.5. The van der Waals surface area contributed by atoms with Crippen molar-refractivity contribution in [2.24, 2.45) is 34.5 Å². The van der Waals surface area contributed by atoms with Crippen LogP contribution in [-0.4, -0.2) is 70.0 Å². The number of benzene rings is 1. The van der Waals surface area contributed by atoms with Crippen LogP contribution < -0.4 is 5.32 Å². The first-order valence-corrected chi connectivity index (χ1v) is 21.0. The molecular formula is C44H59N3O8. The summed E-state index contributed by atoms with van der Waals surface area (Å²) >= 11 is 0. The van der Waals surface area contributed by atoms with Gasteiger partial charge in [-0.3, -0.25) is 14.9 Å². The number of ketones is 1. The van der Waals surface area contributed by atoms with Gasteiger partial charge in [0.05, 0.1) is 30.2 Å². The van der Waals surface area contributed by atoms with Crippen molar-refractivity contribution in [3.05, 3.63) is 47.3 Å². The second-order valence-corrected chi connectivity index (χ2v) is 17.7. The van der Waals surface area contributed by atoms with Gasteiger partial charge in [0.2, 0.25) is 5.78 Å². The SMILES string of the molecule is CCCCOC(=O)Nc1ccc(-n2cc3c(n2)C=C2CC[C@@H]4[C@H]([C@@H](O)C[C@@]5(C)[C@H]4C[C@H]4OC(C6CCCCC6)O[C@]45C(=O)COC(=O)CCC)[C@@]2(C)C3)cc1. The number of Topliss-reactive ketones (excluding diaryl/α,β-unsaturated/α-hetero) is 1. The van der Waals surface area contributed by atoms with E-state index in [1.54, 1.807) is 0 Å². The predicted molar refractivity (Wildman–Crippen MR) is 206 cm³/mol. The zero-order valence-corrected chi connectivity index (χ0v) is 33.0. The van der Waals surface area contributed by atoms with E-state index in [0.717, 1.165) is 74.7 Å². The van der Waals surface area contributed by atoms with Crippen LogP contribution in [0.4, 0.5) is 10.5 Å². The Morgan fingerprint density at radius 1 is 1.04 bits per heavy atom. The van der Waals surface area contributed by atoms with Crippen LogP contribution in [0.25, 0.3) is 11.8 Å². The zero-order chi connectivity index (χ0) is 38.5. The number of unbranched alkanes of at least 4 members (excludes halogenated alkanes) is 1. The van der Waals surface area contributed by atoms with Crippen molar-refractivity contribution in [2.75, 3.05) is 18.5 Å². The topological polar surface area (TPSA) is 138 Å². The predicted octanol–water partition coefficient (Wildman–Crippen LogP) is 7.96. The van der Waals surface area contributed by atoms with Crippen molar-refractivity contribution < 1.29 is 38.4 Å². The number of rotatable bonds is 11. The zero-order valence-electron chi connectivity index (χ0n) is 33.0. The molecule has 11 heteroatoms. The maximum atomic E-state index is 14.6. The van der Waals surface area contributed by atoms with Gasteiger partial charge in [-0.2, -0.15) is 5.10 Å². The number of aliphatic hydroxyl groups excluding tert-OH is 1. The Bertz CT molecular complexity index is 1800. The van der Waals surface area contributed by atoms with E-state index in [4.69, 9.17) is 24.0 Å². The van der Waals surface area contributed by atoms with Gasteiger partial charge in [-0.15, -0.1) is 0 Å². The molecule has 1 saturated heterocycles. The molecule has 55 heavy (non-hydrogen) atoms. The molecule has 2 heterocycles. The maximum absolute atomic E-state index is 14.6. The van der Waals surface area contributed by atoms with Gasteiger partial charge in [0.25, 0.3) is 0 Å². The van der Waals surface area contributed by atoms with Crippen molar-refractivity contribution in [1.82, 2.24) is 9.78 Å². The van der Waals surface area contributed by atoms with E-state index in [-0.39, 0.29) is 53.9 Å². The number of nitrogens with zero attached hydrogens (tertiary/aromatic N) is 2. The number of anilines is 1. The minimum Gasteiger partial charge on any atom is -0.458 e. The highest BCUT2D eigenvalue weighted by molar-refractivity contribution is 5.92. The van der Waals surface area contributed by atoms with E-state index in [1.807, 2.05) is 35.9 Å². The second-order valence-electron chi connectivity index (χ2n) is 17.7. The monoisotopic (exact) mass is 757 g/mol. The molecule has 1 amide bonds. The van der Waals surface area contributed by atoms with Crippen molar-refractivity contribution >= 4 is 29.6 Å². The molecule has 1 unspecified atom stereocenters. The van der Waals surface area contributed by atoms with Crippen LogP contribution in [0.1, 0.15) is 122 Å². The van der Waals surface area contributed by atoms with Crippen LogP contribution in [0.3, 0.4) is 0 Å². The Labute approximate surface area is 324 Å². The number of allylic oxidation sites excluding steroid dienone is 1. The van der Waals surface area contributed by atoms with Gasteiger partial charge >= 0.3 is 12.1 Å². The van der Waals surface area contributed by atoms with Gasteiger partial charge in [-0.25, -0.2) is 9.48 Å². The standard InChI is InChI=1S/C44H59N3O8/c1-5-7-20-52-41(51)45-30-15-17-31(18-16-30)47-25-28-23-42(3)29(21-34(28)46-47)14-19-32-33-22-37-44(36(49)26-53-38(50)11-6-2,43(33,4)24-35(48)39(32)42)55-40(54-37)27-12-9-8-10-13-27/h15-18,21,25,27,32-33,35,37,39-40,48H,5-14,19-20,22-24,26H2,1-4H3,(H,45,51)/t32-,33-,35-,37+,39+,40?,42-,43-,44+/m0/s1. The number of nitrogens with one attached hydrogen (secondary N) is 1. The summed E-state index contributed by atoms with van der Waals surface area (Å²) in [5.41, 5.74) is 2.74. The van der Waals surface area contributed by atoms with Crippen molar-refractivity contribution in [3.8, 4) is 5.69 Å². The van der Waals surface area contributed by atoms with Gasteiger partial charge < -0.3 is 24.1 Å². The van der Waals surface area contributed by atoms with E-state index in [0.29, 0.717) is 31.6 Å². The number of hydrogen-bond acceptors (Lipinski definition) is 9. The van der Waals surface area contributed by atoms with Gasteiger partial charge in [0.15, 0.2) is 18.5 Å². The minimum absolute atomic E-state index is 0.00739. The fourth-order valence-electron chi connectivity index (χ4n) is 11.9. The number of hydrogen-bond donors (Lipinski definition) is 2. The number of fused-ring (bicyclic) bond motifs is 8. The highest BCUT2D eigenvalue weighted by Crippen LogP contribution is 2.70. The summed E-state index contributed by atoms with van der Waals surface area (Å²) in [6, 6.07) is 7.58. The Kier molecular flexibility index (Phi) is 10.5. The molecule has 5 aliphatic carbocycles. The van der Waals surface area contributed by atoms with Crippen molar-refractivity contribution in [3.63, 3.8) is 0 Å². The Hall–Kier alpha value is -3.54. The summed E-state index contributed by atoms with van der Waals surface area (Å²) in [6.45, 7) is 8.51. The largest absolute Gasteiger partial charge is 0.458 e. The fourth-order valence-corrected chi connectivity index (χ4v) is 11.9. The molecule has 1 aromatic heterocycles. The van der Waals surface area contributed by atoms with E-state index in [2.05, 4.69) is 38.4 Å². The quantitative estimate of drug-likeness (QED) is 0.173. The molecule has 0 radical (unpaired) electrons. The van der Waals surface area contributed by atoms with Crippen molar-refractivity contribution in [1.29, 1.82) is 0 Å². The van der Waals surface area contributed by atoms with E-state index in [1.165, 1.54) is 12.0 Å². The number of esters is 1. The molecule has 2 N–H and O–H groups in total. The lowest BCUT2D eigenvalue weighted by molar-refractivity contribution is -0.212. The maximum Gasteiger partial charge on any atom is 0.411 e. The lowest BCUT2D eigenvalue weighted by Gasteiger charge is -2.60. The van der Waals surface area contributed by atoms with Crippen LogP contribution in [0.15, 0.2) is 36.0 Å². The minimum atomic E-state index is -1.27. The number of carbonyl (C=O) groups excluding carboxylic acids is 3. The third-order valence-electron chi connectivity index (χ3n) is 14.5. The van der Waals surface area contributed by atoms with Crippen LogP contribution >= 0.6 is 0 Å². The summed E-state index contributed by atoms with van der Waals surface area (Å²) in [7, 11) is 0. The Morgan fingerprint density at radius 2 is 1.82 bits per heavy atom. The van der Waals surface area contributed by atoms with Crippen LogP contribution in [-0.2, 0) is 35.0 Å². The van der Waals surface area contributed by atoms with Gasteiger partial charge in [-0.1, -0.05) is 59.0 Å². The molecule has 9 atom stereocenters. The third-order valence-corrected chi connectivity index (χ3v) is 14.5. The molecule has 0 bridgehead atoms. The highest BCUT2D eigenvalue weighted by Gasteiger charge is 2.76. The first kappa shape index (κ1) is 38.3. The van der Waals surface area contributed by atoms with E-state index in [9.17, 15) is 19.5 Å². The van der Waals surface area contributed by atoms with E-state index < -0.39 is 35.6 Å². The molecule has 4 saturated carbocycles. The average molecular weight is 758 g/mol. The summed E-state index contributed by atoms with van der Waals surface area (Å²) in [6.07, 6.45) is 14.2. The summed E-state index contributed by atoms with van der Waals surface area (Å²) in [4.78, 5) is 39.2. The molecule has 298 valence electrons. The number of amides is 1. The first-order chi connectivity index (χ1) is 26.5. The molecule has 8 rings (SSSR count). The molecular weight excluding hydrogens is 698 g/mol.